The SMILES string of the molecule is COc1ccccc1CN(C)C(=O)/C=C/c1ccc(C(C)(C)C)cc1. The van der Waals surface area contributed by atoms with Crippen molar-refractivity contribution in [2.45, 2.75) is 32.7 Å². The number of amides is 1. The topological polar surface area (TPSA) is 29.5 Å². The van der Waals surface area contributed by atoms with Gasteiger partial charge in [0.1, 0.15) is 5.75 Å². The summed E-state index contributed by atoms with van der Waals surface area (Å²) in [6.07, 6.45) is 3.47. The fourth-order valence-electron chi connectivity index (χ4n) is 2.56. The molecule has 2 aromatic rings. The molecule has 0 bridgehead atoms. The zero-order valence-electron chi connectivity index (χ0n) is 15.7. The third-order valence-corrected chi connectivity index (χ3v) is 4.17. The number of nitrogens with zero attached hydrogens (tertiary/aromatic N) is 1. The van der Waals surface area contributed by atoms with Crippen LogP contribution < -0.4 is 4.74 Å². The maximum Gasteiger partial charge on any atom is 0.246 e. The van der Waals surface area contributed by atoms with Crippen molar-refractivity contribution in [2.75, 3.05) is 14.2 Å². The molecule has 0 aliphatic carbocycles. The minimum atomic E-state index is -0.0363. The van der Waals surface area contributed by atoms with E-state index in [1.54, 1.807) is 25.1 Å². The van der Waals surface area contributed by atoms with Crippen LogP contribution in [0.25, 0.3) is 6.08 Å². The van der Waals surface area contributed by atoms with Crippen LogP contribution in [0.2, 0.25) is 0 Å². The molecule has 3 heteroatoms. The molecule has 1 amide bonds. The number of rotatable bonds is 5. The molecule has 0 heterocycles. The predicted octanol–water partition coefficient (Wildman–Crippen LogP) is 4.66. The van der Waals surface area contributed by atoms with E-state index in [9.17, 15) is 4.79 Å². The van der Waals surface area contributed by atoms with Crippen LogP contribution in [-0.4, -0.2) is 25.0 Å². The van der Waals surface area contributed by atoms with Crippen LogP contribution in [0, 0.1) is 0 Å². The van der Waals surface area contributed by atoms with Crippen molar-refractivity contribution in [1.29, 1.82) is 0 Å². The van der Waals surface area contributed by atoms with E-state index < -0.39 is 0 Å². The summed E-state index contributed by atoms with van der Waals surface area (Å²) >= 11 is 0. The quantitative estimate of drug-likeness (QED) is 0.742. The molecule has 2 aromatic carbocycles. The largest absolute Gasteiger partial charge is 0.496 e. The predicted molar refractivity (Wildman–Crippen MR) is 104 cm³/mol. The highest BCUT2D eigenvalue weighted by molar-refractivity contribution is 5.91. The van der Waals surface area contributed by atoms with E-state index in [0.717, 1.165) is 16.9 Å². The van der Waals surface area contributed by atoms with Gasteiger partial charge < -0.3 is 9.64 Å². The molecule has 3 nitrogen and oxygen atoms in total. The van der Waals surface area contributed by atoms with Gasteiger partial charge in [-0.05, 0) is 28.7 Å². The normalized spacial score (nSPS) is 11.6. The molecule has 0 unspecified atom stereocenters. The average Bonchev–Trinajstić information content (AvgIpc) is 2.59. The highest BCUT2D eigenvalue weighted by Crippen LogP contribution is 2.22. The maximum atomic E-state index is 12.3. The monoisotopic (exact) mass is 337 g/mol. The van der Waals surface area contributed by atoms with Crippen LogP contribution in [0.15, 0.2) is 54.6 Å². The molecule has 0 saturated heterocycles. The van der Waals surface area contributed by atoms with Crippen molar-refractivity contribution < 1.29 is 9.53 Å². The Bertz CT molecular complexity index is 739. The Morgan fingerprint density at radius 3 is 2.32 bits per heavy atom. The molecule has 0 radical (unpaired) electrons. The van der Waals surface area contributed by atoms with Gasteiger partial charge in [-0.15, -0.1) is 0 Å². The molecule has 132 valence electrons. The summed E-state index contributed by atoms with van der Waals surface area (Å²) < 4.78 is 5.34. The molecule has 0 spiro atoms. The molecule has 0 atom stereocenters. The lowest BCUT2D eigenvalue weighted by atomic mass is 9.87. The van der Waals surface area contributed by atoms with E-state index in [1.807, 2.05) is 42.5 Å². The summed E-state index contributed by atoms with van der Waals surface area (Å²) in [5.41, 5.74) is 3.42. The first-order chi connectivity index (χ1) is 11.8. The van der Waals surface area contributed by atoms with Gasteiger partial charge in [0.15, 0.2) is 0 Å². The van der Waals surface area contributed by atoms with Gasteiger partial charge in [0, 0.05) is 25.2 Å². The van der Waals surface area contributed by atoms with Crippen molar-refractivity contribution >= 4 is 12.0 Å². The lowest BCUT2D eigenvalue weighted by Gasteiger charge is -2.19. The molecule has 0 aliphatic heterocycles. The van der Waals surface area contributed by atoms with E-state index >= 15 is 0 Å². The minimum absolute atomic E-state index is 0.0363. The number of para-hydroxylation sites is 1. The smallest absolute Gasteiger partial charge is 0.246 e. The van der Waals surface area contributed by atoms with Crippen molar-refractivity contribution in [1.82, 2.24) is 4.90 Å². The van der Waals surface area contributed by atoms with Gasteiger partial charge in [0.05, 0.1) is 7.11 Å². The van der Waals surface area contributed by atoms with Gasteiger partial charge in [0.2, 0.25) is 5.91 Å². The lowest BCUT2D eigenvalue weighted by Crippen LogP contribution is -2.24. The number of carbonyl (C=O) groups is 1. The first kappa shape index (κ1) is 18.8. The molecule has 0 N–H and O–H groups in total. The number of carbonyl (C=O) groups excluding carboxylic acids is 1. The average molecular weight is 337 g/mol. The van der Waals surface area contributed by atoms with Gasteiger partial charge >= 0.3 is 0 Å². The Kier molecular flexibility index (Phi) is 6.02. The number of methoxy groups -OCH3 is 1. The first-order valence-corrected chi connectivity index (χ1v) is 8.47. The number of hydrogen-bond acceptors (Lipinski definition) is 2. The second-order valence-corrected chi connectivity index (χ2v) is 7.21. The van der Waals surface area contributed by atoms with Crippen molar-refractivity contribution in [2.24, 2.45) is 0 Å². The number of likely N-dealkylation sites (N-methyl/N-ethyl adjacent to an activating group) is 1. The Morgan fingerprint density at radius 1 is 1.08 bits per heavy atom. The van der Waals surface area contributed by atoms with Gasteiger partial charge in [-0.3, -0.25) is 4.79 Å². The molecular weight excluding hydrogens is 310 g/mol. The first-order valence-electron chi connectivity index (χ1n) is 8.47. The molecule has 0 aromatic heterocycles. The Hall–Kier alpha value is -2.55. The highest BCUT2D eigenvalue weighted by Gasteiger charge is 2.12. The fourth-order valence-corrected chi connectivity index (χ4v) is 2.56. The van der Waals surface area contributed by atoms with Crippen molar-refractivity contribution in [3.8, 4) is 5.75 Å². The van der Waals surface area contributed by atoms with Crippen LogP contribution in [0.4, 0.5) is 0 Å². The second kappa shape index (κ2) is 8.02. The van der Waals surface area contributed by atoms with Gasteiger partial charge in [-0.2, -0.15) is 0 Å². The van der Waals surface area contributed by atoms with Gasteiger partial charge in [-0.25, -0.2) is 0 Å². The summed E-state index contributed by atoms with van der Waals surface area (Å²) in [6.45, 7) is 7.08. The molecule has 2 rings (SSSR count). The molecular formula is C22H27NO2. The van der Waals surface area contributed by atoms with Crippen LogP contribution in [-0.2, 0) is 16.8 Å². The Labute approximate surface area is 150 Å². The third kappa shape index (κ3) is 5.21. The zero-order valence-corrected chi connectivity index (χ0v) is 15.7. The number of ether oxygens (including phenoxy) is 1. The molecule has 0 fully saturated rings. The summed E-state index contributed by atoms with van der Waals surface area (Å²) in [5, 5.41) is 0. The van der Waals surface area contributed by atoms with Crippen LogP contribution in [0.5, 0.6) is 5.75 Å². The van der Waals surface area contributed by atoms with Gasteiger partial charge in [0.25, 0.3) is 0 Å². The molecule has 25 heavy (non-hydrogen) atoms. The lowest BCUT2D eigenvalue weighted by molar-refractivity contribution is -0.125. The van der Waals surface area contributed by atoms with E-state index in [-0.39, 0.29) is 11.3 Å². The molecule has 0 saturated carbocycles. The Morgan fingerprint density at radius 2 is 1.72 bits per heavy atom. The van der Waals surface area contributed by atoms with E-state index in [0.29, 0.717) is 6.54 Å². The van der Waals surface area contributed by atoms with Crippen LogP contribution in [0.3, 0.4) is 0 Å². The fraction of sp³-hybridized carbons (Fsp3) is 0.318. The van der Waals surface area contributed by atoms with E-state index in [1.165, 1.54) is 5.56 Å². The molecule has 0 aliphatic rings. The van der Waals surface area contributed by atoms with Gasteiger partial charge in [-0.1, -0.05) is 63.2 Å². The van der Waals surface area contributed by atoms with Crippen LogP contribution >= 0.6 is 0 Å². The van der Waals surface area contributed by atoms with Crippen molar-refractivity contribution in [3.05, 3.63) is 71.3 Å². The number of hydrogen-bond donors (Lipinski definition) is 0. The van der Waals surface area contributed by atoms with Crippen LogP contribution in [0.1, 0.15) is 37.5 Å². The summed E-state index contributed by atoms with van der Waals surface area (Å²) in [4.78, 5) is 14.0. The van der Waals surface area contributed by atoms with E-state index in [2.05, 4.69) is 32.9 Å². The van der Waals surface area contributed by atoms with E-state index in [4.69, 9.17) is 4.74 Å². The highest BCUT2D eigenvalue weighted by atomic mass is 16.5. The third-order valence-electron chi connectivity index (χ3n) is 4.17. The van der Waals surface area contributed by atoms with Crippen molar-refractivity contribution in [3.63, 3.8) is 0 Å². The standard InChI is InChI=1S/C22H27NO2/c1-22(2,3)19-13-10-17(11-14-19)12-15-21(24)23(4)16-18-8-6-7-9-20(18)25-5/h6-15H,16H2,1-5H3/b15-12+. The zero-order chi connectivity index (χ0) is 18.4. The summed E-state index contributed by atoms with van der Waals surface area (Å²) in [6, 6.07) is 16.1. The minimum Gasteiger partial charge on any atom is -0.496 e. The second-order valence-electron chi connectivity index (χ2n) is 7.21. The number of benzene rings is 2. The summed E-state index contributed by atoms with van der Waals surface area (Å²) in [5.74, 6) is 0.759. The maximum absolute atomic E-state index is 12.3. The Balaban J connectivity index is 2.02. The summed E-state index contributed by atoms with van der Waals surface area (Å²) in [7, 11) is 3.43.